The summed E-state index contributed by atoms with van der Waals surface area (Å²) >= 11 is 0. The van der Waals surface area contributed by atoms with Crippen molar-refractivity contribution in [1.29, 1.82) is 0 Å². The fourth-order valence-electron chi connectivity index (χ4n) is 2.00. The predicted octanol–water partition coefficient (Wildman–Crippen LogP) is 3.12. The third-order valence-corrected chi connectivity index (χ3v) is 3.12. The minimum absolute atomic E-state index is 0.336. The Morgan fingerprint density at radius 3 is 2.58 bits per heavy atom. The van der Waals surface area contributed by atoms with Crippen LogP contribution in [0.25, 0.3) is 11.4 Å². The molecule has 0 saturated carbocycles. The number of anilines is 1. The normalized spacial score (nSPS) is 10.8. The highest BCUT2D eigenvalue weighted by Gasteiger charge is 2.11. The van der Waals surface area contributed by atoms with Crippen molar-refractivity contribution < 1.29 is 0 Å². The minimum atomic E-state index is 0.336. The molecule has 2 rings (SSSR count). The molecule has 0 aliphatic rings. The molecule has 0 fully saturated rings. The van der Waals surface area contributed by atoms with Gasteiger partial charge in [-0.05, 0) is 17.9 Å². The summed E-state index contributed by atoms with van der Waals surface area (Å²) < 4.78 is 0. The lowest BCUT2D eigenvalue weighted by Crippen LogP contribution is -2.11. The molecule has 19 heavy (non-hydrogen) atoms. The van der Waals surface area contributed by atoms with E-state index in [1.807, 2.05) is 18.2 Å². The van der Waals surface area contributed by atoms with Gasteiger partial charge in [-0.2, -0.15) is 0 Å². The van der Waals surface area contributed by atoms with E-state index in [1.165, 1.54) is 5.56 Å². The fraction of sp³-hybridized carbons (Fsp3) is 0.333. The molecule has 0 aliphatic heterocycles. The molecule has 1 aromatic heterocycles. The van der Waals surface area contributed by atoms with Crippen LogP contribution in [0, 0.1) is 0 Å². The fourth-order valence-corrected chi connectivity index (χ4v) is 2.00. The van der Waals surface area contributed by atoms with E-state index in [1.54, 1.807) is 0 Å². The Balaban J connectivity index is 2.57. The van der Waals surface area contributed by atoms with Crippen molar-refractivity contribution in [2.75, 3.05) is 5.43 Å². The van der Waals surface area contributed by atoms with E-state index in [0.29, 0.717) is 11.7 Å². The van der Waals surface area contributed by atoms with E-state index >= 15 is 0 Å². The third-order valence-electron chi connectivity index (χ3n) is 3.12. The number of nitrogen functional groups attached to an aromatic ring is 1. The second-order valence-electron chi connectivity index (χ2n) is 4.81. The maximum atomic E-state index is 5.50. The predicted molar refractivity (Wildman–Crippen MR) is 78.7 cm³/mol. The van der Waals surface area contributed by atoms with Gasteiger partial charge in [-0.15, -0.1) is 0 Å². The topological polar surface area (TPSA) is 63.8 Å². The molecule has 100 valence electrons. The summed E-state index contributed by atoms with van der Waals surface area (Å²) in [4.78, 5) is 9.12. The van der Waals surface area contributed by atoms with Crippen LogP contribution in [-0.2, 0) is 6.42 Å². The Hall–Kier alpha value is -1.94. The highest BCUT2D eigenvalue weighted by atomic mass is 15.3. The summed E-state index contributed by atoms with van der Waals surface area (Å²) in [6.45, 7) is 6.35. The van der Waals surface area contributed by atoms with Gasteiger partial charge < -0.3 is 5.43 Å². The lowest BCUT2D eigenvalue weighted by molar-refractivity contribution is 0.816. The standard InChI is InChI=1S/C15H20N4/c1-4-11-7-5-6-8-12(11)15-17-13(10(2)3)9-14(18-15)19-16/h5-10H,4,16H2,1-3H3,(H,17,18,19). The second-order valence-corrected chi connectivity index (χ2v) is 4.81. The summed E-state index contributed by atoms with van der Waals surface area (Å²) in [6.07, 6.45) is 0.955. The quantitative estimate of drug-likeness (QED) is 0.651. The molecule has 3 N–H and O–H groups in total. The average Bonchev–Trinajstić information content (AvgIpc) is 2.46. The molecular formula is C15H20N4. The van der Waals surface area contributed by atoms with Gasteiger partial charge in [-0.25, -0.2) is 15.8 Å². The highest BCUT2D eigenvalue weighted by Crippen LogP contribution is 2.24. The van der Waals surface area contributed by atoms with Gasteiger partial charge in [0.2, 0.25) is 0 Å². The molecule has 1 heterocycles. The van der Waals surface area contributed by atoms with Crippen LogP contribution >= 0.6 is 0 Å². The summed E-state index contributed by atoms with van der Waals surface area (Å²) in [6, 6.07) is 10.1. The van der Waals surface area contributed by atoms with Crippen molar-refractivity contribution in [2.45, 2.75) is 33.1 Å². The Bertz CT molecular complexity index is 564. The van der Waals surface area contributed by atoms with Gasteiger partial charge in [0.25, 0.3) is 0 Å². The number of aromatic nitrogens is 2. The molecule has 0 spiro atoms. The third kappa shape index (κ3) is 2.90. The smallest absolute Gasteiger partial charge is 0.162 e. The second kappa shape index (κ2) is 5.80. The Labute approximate surface area is 114 Å². The maximum Gasteiger partial charge on any atom is 0.162 e. The number of benzene rings is 1. The Kier molecular flexibility index (Phi) is 4.12. The average molecular weight is 256 g/mol. The molecule has 0 saturated heterocycles. The Morgan fingerprint density at radius 1 is 1.21 bits per heavy atom. The number of nitrogens with one attached hydrogen (secondary N) is 1. The van der Waals surface area contributed by atoms with Gasteiger partial charge in [0.05, 0.1) is 0 Å². The van der Waals surface area contributed by atoms with Crippen molar-refractivity contribution in [1.82, 2.24) is 9.97 Å². The van der Waals surface area contributed by atoms with Gasteiger partial charge in [0.1, 0.15) is 5.82 Å². The number of hydrazine groups is 1. The SMILES string of the molecule is CCc1ccccc1-c1nc(NN)cc(C(C)C)n1. The molecule has 1 aromatic carbocycles. The number of nitrogens with zero attached hydrogens (tertiary/aromatic N) is 2. The first-order chi connectivity index (χ1) is 9.15. The molecule has 4 heteroatoms. The summed E-state index contributed by atoms with van der Waals surface area (Å²) in [7, 11) is 0. The first-order valence-corrected chi connectivity index (χ1v) is 6.59. The number of nitrogens with two attached hydrogens (primary N) is 1. The van der Waals surface area contributed by atoms with E-state index in [2.05, 4.69) is 48.3 Å². The van der Waals surface area contributed by atoms with Crippen molar-refractivity contribution >= 4 is 5.82 Å². The molecule has 0 radical (unpaired) electrons. The van der Waals surface area contributed by atoms with E-state index in [-0.39, 0.29) is 0 Å². The monoisotopic (exact) mass is 256 g/mol. The highest BCUT2D eigenvalue weighted by molar-refractivity contribution is 5.62. The zero-order valence-electron chi connectivity index (χ0n) is 11.6. The molecule has 0 unspecified atom stereocenters. The van der Waals surface area contributed by atoms with Gasteiger partial charge >= 0.3 is 0 Å². The lowest BCUT2D eigenvalue weighted by atomic mass is 10.0. The van der Waals surface area contributed by atoms with Crippen molar-refractivity contribution in [3.63, 3.8) is 0 Å². The first-order valence-electron chi connectivity index (χ1n) is 6.59. The van der Waals surface area contributed by atoms with Crippen molar-refractivity contribution in [3.8, 4) is 11.4 Å². The van der Waals surface area contributed by atoms with Crippen LogP contribution < -0.4 is 11.3 Å². The van der Waals surface area contributed by atoms with Crippen molar-refractivity contribution in [2.24, 2.45) is 5.84 Å². The van der Waals surface area contributed by atoms with E-state index < -0.39 is 0 Å². The number of hydrogen-bond acceptors (Lipinski definition) is 4. The molecule has 4 nitrogen and oxygen atoms in total. The summed E-state index contributed by atoms with van der Waals surface area (Å²) in [5, 5.41) is 0. The molecular weight excluding hydrogens is 236 g/mol. The molecule has 0 atom stereocenters. The van der Waals surface area contributed by atoms with Crippen LogP contribution in [0.3, 0.4) is 0 Å². The maximum absolute atomic E-state index is 5.50. The van der Waals surface area contributed by atoms with Gasteiger partial charge in [0.15, 0.2) is 5.82 Å². The minimum Gasteiger partial charge on any atom is -0.308 e. The van der Waals surface area contributed by atoms with Crippen LogP contribution in [0.15, 0.2) is 30.3 Å². The van der Waals surface area contributed by atoms with Crippen LogP contribution in [0.5, 0.6) is 0 Å². The number of hydrogen-bond donors (Lipinski definition) is 2. The Morgan fingerprint density at radius 2 is 1.95 bits per heavy atom. The first kappa shape index (κ1) is 13.5. The van der Waals surface area contributed by atoms with Crippen LogP contribution in [0.1, 0.15) is 37.9 Å². The van der Waals surface area contributed by atoms with Crippen LogP contribution in [0.4, 0.5) is 5.82 Å². The zero-order chi connectivity index (χ0) is 13.8. The molecule has 2 aromatic rings. The van der Waals surface area contributed by atoms with E-state index in [9.17, 15) is 0 Å². The zero-order valence-corrected chi connectivity index (χ0v) is 11.6. The molecule has 0 aliphatic carbocycles. The molecule has 0 amide bonds. The summed E-state index contributed by atoms with van der Waals surface area (Å²) in [5.41, 5.74) is 5.92. The van der Waals surface area contributed by atoms with Gasteiger partial charge in [0, 0.05) is 17.3 Å². The van der Waals surface area contributed by atoms with E-state index in [4.69, 9.17) is 5.84 Å². The van der Waals surface area contributed by atoms with E-state index in [0.717, 1.165) is 23.5 Å². The van der Waals surface area contributed by atoms with Crippen molar-refractivity contribution in [3.05, 3.63) is 41.6 Å². The van der Waals surface area contributed by atoms with Gasteiger partial charge in [-0.3, -0.25) is 0 Å². The number of rotatable bonds is 4. The summed E-state index contributed by atoms with van der Waals surface area (Å²) in [5.74, 6) is 7.22. The molecule has 0 bridgehead atoms. The number of aryl methyl sites for hydroxylation is 1. The van der Waals surface area contributed by atoms with Crippen LogP contribution in [0.2, 0.25) is 0 Å². The van der Waals surface area contributed by atoms with Gasteiger partial charge in [-0.1, -0.05) is 45.0 Å². The largest absolute Gasteiger partial charge is 0.308 e. The van der Waals surface area contributed by atoms with Crippen LogP contribution in [-0.4, -0.2) is 9.97 Å². The lowest BCUT2D eigenvalue weighted by Gasteiger charge is -2.12.